The molecule has 0 spiro atoms. The van der Waals surface area contributed by atoms with Crippen LogP contribution >= 0.6 is 31.9 Å². The topological polar surface area (TPSA) is 9.23 Å². The second-order valence-corrected chi connectivity index (χ2v) is 7.98. The fourth-order valence-corrected chi connectivity index (χ4v) is 3.65. The Balaban J connectivity index is 2.20. The first-order chi connectivity index (χ1) is 10.3. The highest BCUT2D eigenvalue weighted by molar-refractivity contribution is 9.11. The maximum absolute atomic E-state index is 6.22. The van der Waals surface area contributed by atoms with E-state index in [4.69, 9.17) is 4.74 Å². The first kappa shape index (κ1) is 17.6. The first-order valence-corrected chi connectivity index (χ1v) is 9.16. The predicted molar refractivity (Wildman–Crippen MR) is 101 cm³/mol. The van der Waals surface area contributed by atoms with E-state index in [0.29, 0.717) is 5.92 Å². The number of halogens is 2. The maximum atomic E-state index is 6.22. The van der Waals surface area contributed by atoms with E-state index in [1.54, 1.807) is 0 Å². The summed E-state index contributed by atoms with van der Waals surface area (Å²) in [6, 6.07) is 14.7. The molecule has 1 nitrogen and oxygen atoms in total. The lowest BCUT2D eigenvalue weighted by Crippen LogP contribution is -2.25. The van der Waals surface area contributed by atoms with Crippen LogP contribution in [-0.2, 0) is 5.60 Å². The number of ether oxygens (including phenoxy) is 1. The second-order valence-electron chi connectivity index (χ2n) is 6.15. The molecule has 0 N–H and O–H groups in total. The molecule has 0 amide bonds. The van der Waals surface area contributed by atoms with Gasteiger partial charge in [0, 0.05) is 8.95 Å². The monoisotopic (exact) mass is 424 g/mol. The minimum atomic E-state index is -0.399. The Kier molecular flexibility index (Phi) is 5.73. The zero-order chi connectivity index (χ0) is 16.3. The molecule has 0 radical (unpaired) electrons. The number of hydrogen-bond acceptors (Lipinski definition) is 1. The van der Waals surface area contributed by atoms with Crippen molar-refractivity contribution in [3.63, 3.8) is 0 Å². The molecule has 0 saturated heterocycles. The molecular formula is C19H22Br2O. The molecule has 0 saturated carbocycles. The van der Waals surface area contributed by atoms with Gasteiger partial charge in [-0.2, -0.15) is 0 Å². The summed E-state index contributed by atoms with van der Waals surface area (Å²) < 4.78 is 8.31. The van der Waals surface area contributed by atoms with E-state index >= 15 is 0 Å². The first-order valence-electron chi connectivity index (χ1n) is 7.57. The Morgan fingerprint density at radius 1 is 1.00 bits per heavy atom. The number of hydrogen-bond donors (Lipinski definition) is 0. The molecule has 1 unspecified atom stereocenters. The van der Waals surface area contributed by atoms with Gasteiger partial charge in [-0.15, -0.1) is 0 Å². The van der Waals surface area contributed by atoms with Crippen molar-refractivity contribution in [3.8, 4) is 5.75 Å². The molecule has 0 aromatic heterocycles. The van der Waals surface area contributed by atoms with Crippen LogP contribution < -0.4 is 4.74 Å². The lowest BCUT2D eigenvalue weighted by Gasteiger charge is -2.28. The predicted octanol–water partition coefficient (Wildman–Crippen LogP) is 7.04. The minimum absolute atomic E-state index is 0.399. The third-order valence-corrected chi connectivity index (χ3v) is 4.91. The summed E-state index contributed by atoms with van der Waals surface area (Å²) in [5.74, 6) is 1.48. The summed E-state index contributed by atoms with van der Waals surface area (Å²) in [5, 5.41) is 0. The zero-order valence-corrected chi connectivity index (χ0v) is 16.7. The van der Waals surface area contributed by atoms with Gasteiger partial charge in [-0.3, -0.25) is 0 Å². The van der Waals surface area contributed by atoms with Crippen LogP contribution in [0.15, 0.2) is 51.4 Å². The molecule has 2 aromatic carbocycles. The van der Waals surface area contributed by atoms with Crippen LogP contribution in [0.25, 0.3) is 0 Å². The van der Waals surface area contributed by atoms with E-state index in [0.717, 1.165) is 26.7 Å². The largest absolute Gasteiger partial charge is 0.483 e. The van der Waals surface area contributed by atoms with Gasteiger partial charge in [0.15, 0.2) is 0 Å². The number of benzene rings is 2. The molecule has 118 valence electrons. The van der Waals surface area contributed by atoms with Gasteiger partial charge < -0.3 is 4.74 Å². The third-order valence-electron chi connectivity index (χ3n) is 3.99. The van der Waals surface area contributed by atoms with E-state index in [1.807, 2.05) is 6.07 Å². The average molecular weight is 426 g/mol. The van der Waals surface area contributed by atoms with Crippen molar-refractivity contribution in [2.45, 2.75) is 45.6 Å². The van der Waals surface area contributed by atoms with Crippen LogP contribution in [0.4, 0.5) is 0 Å². The lowest BCUT2D eigenvalue weighted by atomic mass is 9.97. The Morgan fingerprint density at radius 3 is 2.05 bits per heavy atom. The summed E-state index contributed by atoms with van der Waals surface area (Å²) in [5.41, 5.74) is 2.09. The molecule has 1 atom stereocenters. The quantitative estimate of drug-likeness (QED) is 0.499. The molecular weight excluding hydrogens is 404 g/mol. The summed E-state index contributed by atoms with van der Waals surface area (Å²) in [7, 11) is 0. The van der Waals surface area contributed by atoms with Gasteiger partial charge in [-0.05, 0) is 67.6 Å². The van der Waals surface area contributed by atoms with Crippen LogP contribution in [0.1, 0.15) is 51.2 Å². The Labute approximate surface area is 150 Å². The van der Waals surface area contributed by atoms with Gasteiger partial charge in [0.2, 0.25) is 0 Å². The van der Waals surface area contributed by atoms with Crippen molar-refractivity contribution in [3.05, 3.63) is 62.5 Å². The molecule has 2 rings (SSSR count). The van der Waals surface area contributed by atoms with Gasteiger partial charge in [-0.25, -0.2) is 0 Å². The zero-order valence-electron chi connectivity index (χ0n) is 13.5. The molecule has 0 heterocycles. The molecule has 2 aromatic rings. The highest BCUT2D eigenvalue weighted by Crippen LogP contribution is 2.32. The molecule has 3 heteroatoms. The summed E-state index contributed by atoms with van der Waals surface area (Å²) in [4.78, 5) is 0. The molecule has 0 aliphatic carbocycles. The molecule has 22 heavy (non-hydrogen) atoms. The van der Waals surface area contributed by atoms with Crippen molar-refractivity contribution in [1.82, 2.24) is 0 Å². The molecule has 0 aliphatic rings. The standard InChI is InChI=1S/C19H22Br2O/c1-5-13(2)14-6-8-18(9-7-14)22-19(3,4)15-10-16(20)12-17(21)11-15/h6-13H,5H2,1-4H3. The molecule has 0 aliphatic heterocycles. The van der Waals surface area contributed by atoms with Crippen molar-refractivity contribution in [2.24, 2.45) is 0 Å². The SMILES string of the molecule is CCC(C)c1ccc(OC(C)(C)c2cc(Br)cc(Br)c2)cc1. The second kappa shape index (κ2) is 7.18. The average Bonchev–Trinajstić information content (AvgIpc) is 2.46. The summed E-state index contributed by atoms with van der Waals surface area (Å²) in [6.45, 7) is 8.63. The van der Waals surface area contributed by atoms with Crippen molar-refractivity contribution < 1.29 is 4.74 Å². The Bertz CT molecular complexity index is 612. The number of rotatable bonds is 5. The third kappa shape index (κ3) is 4.36. The van der Waals surface area contributed by atoms with Crippen LogP contribution in [0.2, 0.25) is 0 Å². The normalized spacial score (nSPS) is 13.0. The summed E-state index contributed by atoms with van der Waals surface area (Å²) >= 11 is 7.08. The van der Waals surface area contributed by atoms with Gasteiger partial charge in [-0.1, -0.05) is 57.8 Å². The Morgan fingerprint density at radius 2 is 1.55 bits per heavy atom. The van der Waals surface area contributed by atoms with Crippen molar-refractivity contribution in [1.29, 1.82) is 0 Å². The van der Waals surface area contributed by atoms with Gasteiger partial charge in [0.05, 0.1) is 0 Å². The van der Waals surface area contributed by atoms with Crippen LogP contribution in [0.5, 0.6) is 5.75 Å². The van der Waals surface area contributed by atoms with E-state index in [2.05, 4.69) is 96.0 Å². The fraction of sp³-hybridized carbons (Fsp3) is 0.368. The van der Waals surface area contributed by atoms with Crippen LogP contribution in [0, 0.1) is 0 Å². The van der Waals surface area contributed by atoms with Gasteiger partial charge in [0.25, 0.3) is 0 Å². The highest BCUT2D eigenvalue weighted by Gasteiger charge is 2.23. The van der Waals surface area contributed by atoms with E-state index in [1.165, 1.54) is 5.56 Å². The van der Waals surface area contributed by atoms with Gasteiger partial charge >= 0.3 is 0 Å². The maximum Gasteiger partial charge on any atom is 0.128 e. The minimum Gasteiger partial charge on any atom is -0.483 e. The van der Waals surface area contributed by atoms with Crippen molar-refractivity contribution in [2.75, 3.05) is 0 Å². The van der Waals surface area contributed by atoms with E-state index in [-0.39, 0.29) is 0 Å². The molecule has 0 fully saturated rings. The van der Waals surface area contributed by atoms with Crippen LogP contribution in [0.3, 0.4) is 0 Å². The molecule has 0 bridgehead atoms. The highest BCUT2D eigenvalue weighted by atomic mass is 79.9. The van der Waals surface area contributed by atoms with E-state index in [9.17, 15) is 0 Å². The smallest absolute Gasteiger partial charge is 0.128 e. The Hall–Kier alpha value is -0.800. The van der Waals surface area contributed by atoms with Crippen molar-refractivity contribution >= 4 is 31.9 Å². The van der Waals surface area contributed by atoms with E-state index < -0.39 is 5.60 Å². The summed E-state index contributed by atoms with van der Waals surface area (Å²) in [6.07, 6.45) is 1.15. The fourth-order valence-electron chi connectivity index (χ4n) is 2.36. The van der Waals surface area contributed by atoms with Crippen LogP contribution in [-0.4, -0.2) is 0 Å². The van der Waals surface area contributed by atoms with Gasteiger partial charge in [0.1, 0.15) is 11.4 Å². The lowest BCUT2D eigenvalue weighted by molar-refractivity contribution is 0.108.